The normalized spacial score (nSPS) is 14.0. The summed E-state index contributed by atoms with van der Waals surface area (Å²) in [5, 5.41) is 5.24. The quantitative estimate of drug-likeness (QED) is 0.706. The second kappa shape index (κ2) is 8.73. The fraction of sp³-hybridized carbons (Fsp3) is 0.333. The van der Waals surface area contributed by atoms with Gasteiger partial charge < -0.3 is 15.5 Å². The number of fused-ring (bicyclic) bond motifs is 1. The van der Waals surface area contributed by atoms with Gasteiger partial charge in [0.2, 0.25) is 5.91 Å². The van der Waals surface area contributed by atoms with Gasteiger partial charge in [0.1, 0.15) is 12.4 Å². The molecule has 4 rings (SSSR count). The Labute approximate surface area is 164 Å². The van der Waals surface area contributed by atoms with E-state index in [9.17, 15) is 9.18 Å². The van der Waals surface area contributed by atoms with E-state index < -0.39 is 0 Å². The Bertz CT molecular complexity index is 930. The number of halogens is 1. The first-order valence-corrected chi connectivity index (χ1v) is 9.59. The number of amides is 1. The highest BCUT2D eigenvalue weighted by molar-refractivity contribution is 5.84. The molecule has 1 fully saturated rings. The molecule has 0 spiro atoms. The third kappa shape index (κ3) is 4.24. The van der Waals surface area contributed by atoms with Gasteiger partial charge in [-0.15, -0.1) is 0 Å². The van der Waals surface area contributed by atoms with Crippen molar-refractivity contribution >= 4 is 28.2 Å². The van der Waals surface area contributed by atoms with Crippen LogP contribution in [0.5, 0.6) is 0 Å². The fourth-order valence-electron chi connectivity index (χ4n) is 3.33. The van der Waals surface area contributed by atoms with Crippen molar-refractivity contribution in [1.29, 1.82) is 0 Å². The molecule has 7 heteroatoms. The van der Waals surface area contributed by atoms with Crippen LogP contribution in [0.3, 0.4) is 0 Å². The number of carbonyl (C=O) groups excluding carboxylic acids is 1. The second-order valence-electron chi connectivity index (χ2n) is 6.46. The lowest BCUT2D eigenvalue weighted by molar-refractivity contribution is -0.132. The third-order valence-electron chi connectivity index (χ3n) is 4.78. The van der Waals surface area contributed by atoms with Gasteiger partial charge >= 0.3 is 0 Å². The number of carbonyl (C=O) groups is 1. The van der Waals surface area contributed by atoms with Crippen molar-refractivity contribution in [3.63, 3.8) is 0 Å². The maximum atomic E-state index is 13.0. The number of nitrogens with zero attached hydrogens (tertiary/aromatic N) is 4. The van der Waals surface area contributed by atoms with E-state index in [0.29, 0.717) is 18.8 Å². The number of hydrogen-bond donors (Lipinski definition) is 1. The average molecular weight is 383 g/mol. The van der Waals surface area contributed by atoms with Crippen LogP contribution in [0.15, 0.2) is 48.7 Å². The fourth-order valence-corrected chi connectivity index (χ4v) is 3.33. The number of nitrogen functional groups attached to an aromatic ring is 1. The van der Waals surface area contributed by atoms with Crippen molar-refractivity contribution in [3.05, 3.63) is 54.5 Å². The van der Waals surface area contributed by atoms with Gasteiger partial charge in [0.15, 0.2) is 0 Å². The predicted octanol–water partition coefficient (Wildman–Crippen LogP) is 3.13. The molecular weight excluding hydrogens is 357 g/mol. The van der Waals surface area contributed by atoms with Crippen LogP contribution in [0.2, 0.25) is 0 Å². The van der Waals surface area contributed by atoms with Crippen molar-refractivity contribution in [1.82, 2.24) is 14.7 Å². The minimum Gasteiger partial charge on any atom is -0.399 e. The van der Waals surface area contributed by atoms with E-state index in [0.717, 1.165) is 29.7 Å². The Morgan fingerprint density at radius 2 is 1.75 bits per heavy atom. The van der Waals surface area contributed by atoms with E-state index in [-0.39, 0.29) is 18.3 Å². The van der Waals surface area contributed by atoms with Crippen molar-refractivity contribution in [3.8, 4) is 0 Å². The lowest BCUT2D eigenvalue weighted by Gasteiger charge is -2.36. The van der Waals surface area contributed by atoms with E-state index in [4.69, 9.17) is 5.73 Å². The van der Waals surface area contributed by atoms with Crippen molar-refractivity contribution in [2.45, 2.75) is 20.4 Å². The Hall–Kier alpha value is -3.09. The Balaban J connectivity index is 0.00000109. The molecule has 3 aromatic rings. The van der Waals surface area contributed by atoms with E-state index in [1.165, 1.54) is 12.1 Å². The highest BCUT2D eigenvalue weighted by atomic mass is 19.1. The lowest BCUT2D eigenvalue weighted by Crippen LogP contribution is -2.49. The summed E-state index contributed by atoms with van der Waals surface area (Å²) >= 11 is 0. The monoisotopic (exact) mass is 383 g/mol. The molecule has 0 atom stereocenters. The summed E-state index contributed by atoms with van der Waals surface area (Å²) in [6, 6.07) is 12.0. The van der Waals surface area contributed by atoms with E-state index in [1.807, 2.05) is 36.9 Å². The molecule has 28 heavy (non-hydrogen) atoms. The standard InChI is InChI=1S/C19H20FN5O.C2H6/c20-15-1-4-17(5-2-15)23-7-9-24(10-8-23)19(26)13-25-18-6-3-16(21)11-14(18)12-22-25;1-2/h1-6,11-12H,7-10,13,21H2;1-2H3. The molecule has 0 radical (unpaired) electrons. The molecule has 6 nitrogen and oxygen atoms in total. The first-order chi connectivity index (χ1) is 13.6. The van der Waals surface area contributed by atoms with E-state index in [1.54, 1.807) is 23.0 Å². The molecule has 0 unspecified atom stereocenters. The van der Waals surface area contributed by atoms with Crippen molar-refractivity contribution in [2.75, 3.05) is 36.8 Å². The van der Waals surface area contributed by atoms with Gasteiger partial charge in [0, 0.05) is 42.9 Å². The zero-order valence-electron chi connectivity index (χ0n) is 16.3. The van der Waals surface area contributed by atoms with Crippen LogP contribution in [0.1, 0.15) is 13.8 Å². The minimum atomic E-state index is -0.240. The summed E-state index contributed by atoms with van der Waals surface area (Å²) in [6.45, 7) is 6.95. The Kier molecular flexibility index (Phi) is 6.13. The minimum absolute atomic E-state index is 0.0468. The maximum absolute atomic E-state index is 13.0. The van der Waals surface area contributed by atoms with Gasteiger partial charge in [-0.05, 0) is 42.5 Å². The van der Waals surface area contributed by atoms with Gasteiger partial charge in [-0.3, -0.25) is 9.48 Å². The van der Waals surface area contributed by atoms with Crippen LogP contribution in [0.4, 0.5) is 15.8 Å². The highest BCUT2D eigenvalue weighted by Gasteiger charge is 2.22. The first kappa shape index (κ1) is 19.7. The van der Waals surface area contributed by atoms with Crippen molar-refractivity contribution in [2.24, 2.45) is 0 Å². The van der Waals surface area contributed by atoms with Gasteiger partial charge in [-0.2, -0.15) is 5.10 Å². The Morgan fingerprint density at radius 1 is 1.07 bits per heavy atom. The zero-order valence-corrected chi connectivity index (χ0v) is 16.3. The number of aromatic nitrogens is 2. The topological polar surface area (TPSA) is 67.4 Å². The summed E-state index contributed by atoms with van der Waals surface area (Å²) in [6.07, 6.45) is 1.73. The second-order valence-corrected chi connectivity index (χ2v) is 6.46. The largest absolute Gasteiger partial charge is 0.399 e. The number of nitrogens with two attached hydrogens (primary N) is 1. The van der Waals surface area contributed by atoms with Gasteiger partial charge in [-0.25, -0.2) is 4.39 Å². The summed E-state index contributed by atoms with van der Waals surface area (Å²) < 4.78 is 14.8. The maximum Gasteiger partial charge on any atom is 0.244 e. The van der Waals surface area contributed by atoms with E-state index >= 15 is 0 Å². The zero-order chi connectivity index (χ0) is 20.1. The molecule has 1 aliphatic heterocycles. The van der Waals surface area contributed by atoms with Crippen LogP contribution < -0.4 is 10.6 Å². The summed E-state index contributed by atoms with van der Waals surface area (Å²) in [7, 11) is 0. The average Bonchev–Trinajstić information content (AvgIpc) is 3.12. The third-order valence-corrected chi connectivity index (χ3v) is 4.78. The molecule has 2 heterocycles. The van der Waals surface area contributed by atoms with E-state index in [2.05, 4.69) is 10.00 Å². The van der Waals surface area contributed by atoms with Gasteiger partial charge in [0.25, 0.3) is 0 Å². The molecule has 2 aromatic carbocycles. The van der Waals surface area contributed by atoms with Gasteiger partial charge in [0.05, 0.1) is 11.7 Å². The smallest absolute Gasteiger partial charge is 0.244 e. The molecule has 1 saturated heterocycles. The lowest BCUT2D eigenvalue weighted by atomic mass is 10.2. The van der Waals surface area contributed by atoms with Crippen molar-refractivity contribution < 1.29 is 9.18 Å². The van der Waals surface area contributed by atoms with Crippen LogP contribution in [0.25, 0.3) is 10.9 Å². The number of hydrogen-bond acceptors (Lipinski definition) is 4. The van der Waals surface area contributed by atoms with Crippen LogP contribution >= 0.6 is 0 Å². The number of piperazine rings is 1. The number of benzene rings is 2. The highest BCUT2D eigenvalue weighted by Crippen LogP contribution is 2.19. The molecule has 148 valence electrons. The van der Waals surface area contributed by atoms with Crippen LogP contribution in [-0.2, 0) is 11.3 Å². The van der Waals surface area contributed by atoms with Crippen LogP contribution in [0, 0.1) is 5.82 Å². The molecule has 0 aliphatic carbocycles. The summed E-state index contributed by atoms with van der Waals surface area (Å²) in [5.74, 6) is -0.193. The summed E-state index contributed by atoms with van der Waals surface area (Å²) in [4.78, 5) is 16.7. The summed E-state index contributed by atoms with van der Waals surface area (Å²) in [5.41, 5.74) is 8.34. The number of anilines is 2. The molecule has 1 amide bonds. The molecule has 0 bridgehead atoms. The molecule has 0 saturated carbocycles. The van der Waals surface area contributed by atoms with Gasteiger partial charge in [-0.1, -0.05) is 13.8 Å². The molecule has 1 aliphatic rings. The number of rotatable bonds is 3. The Morgan fingerprint density at radius 3 is 2.43 bits per heavy atom. The predicted molar refractivity (Wildman–Crippen MR) is 111 cm³/mol. The SMILES string of the molecule is CC.Nc1ccc2c(cnn2CC(=O)N2CCN(c3ccc(F)cc3)CC2)c1. The first-order valence-electron chi connectivity index (χ1n) is 9.59. The molecule has 2 N–H and O–H groups in total. The van der Waals surface area contributed by atoms with Crippen LogP contribution in [-0.4, -0.2) is 46.8 Å². The molecular formula is C21H26FN5O. The molecule has 1 aromatic heterocycles.